The van der Waals surface area contributed by atoms with Gasteiger partial charge in [-0.15, -0.1) is 0 Å². The number of hydrogen-bond donors (Lipinski definition) is 3. The van der Waals surface area contributed by atoms with Crippen molar-refractivity contribution in [3.63, 3.8) is 0 Å². The molecular weight excluding hydrogens is 907 g/mol. The summed E-state index contributed by atoms with van der Waals surface area (Å²) in [5, 5.41) is 36.5. The number of methoxy groups -OCH3 is 1. The van der Waals surface area contributed by atoms with Gasteiger partial charge in [0.15, 0.2) is 5.58 Å². The maximum absolute atomic E-state index is 15.2. The Balaban J connectivity index is 1.44. The maximum Gasteiger partial charge on any atom is 0.316 e. The molecule has 3 aliphatic heterocycles. The van der Waals surface area contributed by atoms with Crippen LogP contribution < -0.4 is 14.4 Å². The summed E-state index contributed by atoms with van der Waals surface area (Å²) < 4.78 is 37.6. The Kier molecular flexibility index (Phi) is 15.3. The first-order valence-corrected chi connectivity index (χ1v) is 24.7. The van der Waals surface area contributed by atoms with E-state index < -0.39 is 77.0 Å². The fraction of sp³-hybridized carbons (Fsp3) is 0.536. The first-order valence-electron chi connectivity index (χ1n) is 24.7. The van der Waals surface area contributed by atoms with E-state index in [1.54, 1.807) is 59.8 Å². The van der Waals surface area contributed by atoms with Gasteiger partial charge >= 0.3 is 17.7 Å². The lowest BCUT2D eigenvalue weighted by Gasteiger charge is -2.38. The summed E-state index contributed by atoms with van der Waals surface area (Å²) in [6.07, 6.45) is 4.52. The fourth-order valence-corrected chi connectivity index (χ4v) is 10.4. The number of fused-ring (bicyclic) bond motifs is 2. The van der Waals surface area contributed by atoms with Crippen molar-refractivity contribution in [1.82, 2.24) is 9.88 Å². The lowest BCUT2D eigenvalue weighted by molar-refractivity contribution is -0.160. The van der Waals surface area contributed by atoms with E-state index in [0.717, 1.165) is 6.54 Å². The number of Topliss-reactive ketones (excluding diaryl/α,β-unsaturated/α-hetero) is 1. The number of carbonyl (C=O) groups excluding carboxylic acids is 3. The Morgan fingerprint density at radius 1 is 0.915 bits per heavy atom. The number of oxazole rings is 1. The second-order valence-electron chi connectivity index (χ2n) is 21.3. The number of esters is 2. The van der Waals surface area contributed by atoms with E-state index >= 15 is 4.79 Å². The molecule has 1 fully saturated rings. The van der Waals surface area contributed by atoms with Crippen LogP contribution in [-0.2, 0) is 30.3 Å². The van der Waals surface area contributed by atoms with Gasteiger partial charge in [0, 0.05) is 93.9 Å². The summed E-state index contributed by atoms with van der Waals surface area (Å²) >= 11 is 0. The van der Waals surface area contributed by atoms with Gasteiger partial charge in [0.05, 0.1) is 40.9 Å². The molecule has 15 heteroatoms. The van der Waals surface area contributed by atoms with Crippen LogP contribution in [0.1, 0.15) is 113 Å². The highest BCUT2D eigenvalue weighted by atomic mass is 16.7. The number of carbonyl (C=O) groups is 3. The number of allylic oxidation sites excluding steroid dienone is 3. The van der Waals surface area contributed by atoms with Crippen LogP contribution in [0.2, 0.25) is 0 Å². The largest absolute Gasteiger partial charge is 0.505 e. The lowest BCUT2D eigenvalue weighted by atomic mass is 9.78. The number of aliphatic hydroxyl groups is 2. The first kappa shape index (κ1) is 53.1. The van der Waals surface area contributed by atoms with E-state index in [4.69, 9.17) is 33.1 Å². The molecule has 4 aromatic rings. The van der Waals surface area contributed by atoms with Gasteiger partial charge in [-0.2, -0.15) is 0 Å². The third kappa shape index (κ3) is 10.2. The minimum Gasteiger partial charge on any atom is -0.505 e. The number of hydrogen-bond acceptors (Lipinski definition) is 15. The number of rotatable bonds is 6. The third-order valence-electron chi connectivity index (χ3n) is 14.8. The van der Waals surface area contributed by atoms with Crippen molar-refractivity contribution >= 4 is 50.9 Å². The van der Waals surface area contributed by atoms with Crippen LogP contribution in [0, 0.1) is 56.8 Å². The van der Waals surface area contributed by atoms with Gasteiger partial charge in [-0.3, -0.25) is 19.3 Å². The van der Waals surface area contributed by atoms with Crippen LogP contribution in [-0.4, -0.2) is 106 Å². The predicted molar refractivity (Wildman–Crippen MR) is 273 cm³/mol. The van der Waals surface area contributed by atoms with Crippen molar-refractivity contribution in [3.8, 4) is 17.2 Å². The van der Waals surface area contributed by atoms with Gasteiger partial charge in [-0.05, 0) is 78.2 Å². The topological polar surface area (TPSA) is 191 Å². The van der Waals surface area contributed by atoms with Crippen molar-refractivity contribution in [2.75, 3.05) is 38.2 Å². The number of phenols is 1. The smallest absolute Gasteiger partial charge is 0.316 e. The number of anilines is 1. The second-order valence-corrected chi connectivity index (χ2v) is 21.3. The van der Waals surface area contributed by atoms with Gasteiger partial charge in [0.2, 0.25) is 5.89 Å². The Labute approximate surface area is 417 Å². The number of aliphatic hydroxyl groups excluding tert-OH is 2. The van der Waals surface area contributed by atoms with Gasteiger partial charge < -0.3 is 48.3 Å². The number of phenolic OH excluding ortho intramolecular Hbond substituents is 1. The molecule has 9 unspecified atom stereocenters. The van der Waals surface area contributed by atoms with Gasteiger partial charge in [0.1, 0.15) is 34.6 Å². The zero-order chi connectivity index (χ0) is 52.2. The van der Waals surface area contributed by atoms with Crippen molar-refractivity contribution in [2.45, 2.75) is 134 Å². The summed E-state index contributed by atoms with van der Waals surface area (Å²) in [6, 6.07) is 4.41. The van der Waals surface area contributed by atoms with Crippen LogP contribution in [0.5, 0.6) is 17.2 Å². The standard InChI is InChI=1S/C56H73N3O12/c1-28-25-31(4)38(32(5)26-28)27-58-20-22-59(23-21-58)44-43-51-41-40(47(44)63)42-50(36(9)49(41)70-54(65)55(11,12)13)71-56(14,52(42)64)67-24-19-39(66-15)33(6)48(68-37(10)60)35(8)46(62)34(7)45(61)29(2)17-16-18-30(3)53(57-43)69-51/h16-19,24-26,29,33-35,39,45-46,48,61-63H,20-23,27H2,1-15H3/b17-16+,24-19+,30-18-. The number of ketones is 1. The number of aromatic nitrogens is 1. The quantitative estimate of drug-likeness (QED) is 0.122. The molecule has 3 N–H and O–H groups in total. The molecule has 3 aromatic carbocycles. The third-order valence-corrected chi connectivity index (χ3v) is 14.8. The zero-order valence-electron chi connectivity index (χ0n) is 44.1. The second kappa shape index (κ2) is 20.4. The van der Waals surface area contributed by atoms with Crippen molar-refractivity contribution in [2.24, 2.45) is 29.1 Å². The van der Waals surface area contributed by atoms with E-state index in [0.29, 0.717) is 48.5 Å². The normalized spacial score (nSPS) is 28.5. The SMILES string of the molecule is COC1/C=C/OC2(C)Oc3c(C)c(OC(=O)C(C)(C)C)c4c(c(O)c(N5CCN(Cc6c(C)cc(C)cc6C)CC5)c5nc(oc54)/C(C)=C\C=C\C(C)C(O)C(C)C(O)C(C)C(OC(C)=O)C1C)c3C2=O. The molecule has 3 aliphatic rings. The van der Waals surface area contributed by atoms with Gasteiger partial charge in [-0.25, -0.2) is 4.98 Å². The summed E-state index contributed by atoms with van der Waals surface area (Å²) in [5.41, 5.74) is 5.76. The van der Waals surface area contributed by atoms with E-state index in [2.05, 4.69) is 42.7 Å². The predicted octanol–water partition coefficient (Wildman–Crippen LogP) is 9.20. The summed E-state index contributed by atoms with van der Waals surface area (Å²) in [4.78, 5) is 51.1. The summed E-state index contributed by atoms with van der Waals surface area (Å²) in [6.45, 7) is 28.1. The number of aryl methyl sites for hydroxylation is 3. The van der Waals surface area contributed by atoms with Gasteiger partial charge in [0.25, 0.3) is 5.78 Å². The summed E-state index contributed by atoms with van der Waals surface area (Å²) in [5.74, 6) is -6.04. The number of benzene rings is 3. The van der Waals surface area contributed by atoms with Gasteiger partial charge in [-0.1, -0.05) is 63.6 Å². The molecule has 1 saturated heterocycles. The van der Waals surface area contributed by atoms with E-state index in [9.17, 15) is 24.9 Å². The minimum absolute atomic E-state index is 0.0103. The highest BCUT2D eigenvalue weighted by Crippen LogP contribution is 2.55. The number of piperazine rings is 1. The summed E-state index contributed by atoms with van der Waals surface area (Å²) in [7, 11) is 1.48. The van der Waals surface area contributed by atoms with Crippen LogP contribution >= 0.6 is 0 Å². The highest BCUT2D eigenvalue weighted by molar-refractivity contribution is 6.26. The Hall–Kier alpha value is -5.74. The van der Waals surface area contributed by atoms with Crippen LogP contribution in [0.3, 0.4) is 0 Å². The van der Waals surface area contributed by atoms with Crippen LogP contribution in [0.15, 0.2) is 47.1 Å². The van der Waals surface area contributed by atoms with Crippen molar-refractivity contribution in [1.29, 1.82) is 0 Å². The molecule has 15 nitrogen and oxygen atoms in total. The molecular formula is C56H73N3O12. The van der Waals surface area contributed by atoms with Crippen molar-refractivity contribution < 1.29 is 57.8 Å². The first-order chi connectivity index (χ1) is 33.3. The molecule has 384 valence electrons. The molecule has 6 bridgehead atoms. The number of nitrogens with zero attached hydrogens (tertiary/aromatic N) is 3. The van der Waals surface area contributed by atoms with E-state index in [-0.39, 0.29) is 45.1 Å². The number of ether oxygens (including phenoxy) is 5. The fourth-order valence-electron chi connectivity index (χ4n) is 10.4. The maximum atomic E-state index is 15.2. The minimum atomic E-state index is -2.00. The van der Waals surface area contributed by atoms with Crippen LogP contribution in [0.4, 0.5) is 5.69 Å². The molecule has 1 aromatic heterocycles. The molecule has 0 spiro atoms. The van der Waals surface area contributed by atoms with Crippen molar-refractivity contribution in [3.05, 3.63) is 82.0 Å². The Morgan fingerprint density at radius 2 is 1.56 bits per heavy atom. The molecule has 0 amide bonds. The number of aromatic hydroxyl groups is 1. The average molecular weight is 980 g/mol. The Morgan fingerprint density at radius 3 is 2.17 bits per heavy atom. The molecule has 71 heavy (non-hydrogen) atoms. The van der Waals surface area contributed by atoms with Crippen LogP contribution in [0.25, 0.3) is 27.4 Å². The Bertz CT molecular complexity index is 2790. The van der Waals surface area contributed by atoms with E-state index in [1.807, 2.05) is 26.8 Å². The molecule has 9 atom stereocenters. The highest BCUT2D eigenvalue weighted by Gasteiger charge is 2.50. The average Bonchev–Trinajstić information content (AvgIpc) is 3.86. The zero-order valence-corrected chi connectivity index (χ0v) is 44.1. The molecule has 0 radical (unpaired) electrons. The molecule has 7 rings (SSSR count). The molecule has 0 saturated carbocycles. The van der Waals surface area contributed by atoms with E-state index in [1.165, 1.54) is 49.5 Å². The lowest BCUT2D eigenvalue weighted by Crippen LogP contribution is -2.46. The molecule has 0 aliphatic carbocycles. The molecule has 4 heterocycles. The monoisotopic (exact) mass is 980 g/mol.